The summed E-state index contributed by atoms with van der Waals surface area (Å²) >= 11 is 0. The van der Waals surface area contributed by atoms with E-state index in [9.17, 15) is 14.7 Å². The summed E-state index contributed by atoms with van der Waals surface area (Å²) in [6, 6.07) is 34.6. The number of carboxylic acids is 1. The van der Waals surface area contributed by atoms with Crippen molar-refractivity contribution in [1.29, 1.82) is 0 Å². The van der Waals surface area contributed by atoms with Crippen molar-refractivity contribution >= 4 is 22.7 Å². The molecular formula is C28H24O4. The van der Waals surface area contributed by atoms with Crippen LogP contribution in [0.15, 0.2) is 109 Å². The second-order valence-electron chi connectivity index (χ2n) is 7.78. The number of esters is 1. The molecule has 32 heavy (non-hydrogen) atoms. The van der Waals surface area contributed by atoms with Crippen molar-refractivity contribution in [3.8, 4) is 5.75 Å². The van der Waals surface area contributed by atoms with E-state index in [1.807, 2.05) is 103 Å². The van der Waals surface area contributed by atoms with E-state index in [1.165, 1.54) is 0 Å². The smallest absolute Gasteiger partial charge is 0.315 e. The largest absolute Gasteiger partial charge is 0.481 e. The Morgan fingerprint density at radius 3 is 1.91 bits per heavy atom. The summed E-state index contributed by atoms with van der Waals surface area (Å²) in [4.78, 5) is 24.3. The molecule has 4 aromatic rings. The zero-order chi connectivity index (χ0) is 22.3. The minimum atomic E-state index is -0.868. The first-order chi connectivity index (χ1) is 15.6. The molecule has 4 aromatic carbocycles. The SMILES string of the molecule is O=C(O)C1C[C@@H](C(=O)Oc2cccc3ccccc23)C1c1ccccc1.c1ccccc1. The van der Waals surface area contributed by atoms with E-state index >= 15 is 0 Å². The Hall–Kier alpha value is -3.92. The van der Waals surface area contributed by atoms with Crippen LogP contribution in [0, 0.1) is 11.8 Å². The molecule has 1 N–H and O–H groups in total. The van der Waals surface area contributed by atoms with Crippen LogP contribution in [0.25, 0.3) is 10.8 Å². The average Bonchev–Trinajstić information content (AvgIpc) is 2.81. The van der Waals surface area contributed by atoms with Gasteiger partial charge in [-0.05, 0) is 23.4 Å². The van der Waals surface area contributed by atoms with Gasteiger partial charge in [0.15, 0.2) is 0 Å². The Morgan fingerprint density at radius 1 is 0.688 bits per heavy atom. The first-order valence-corrected chi connectivity index (χ1v) is 10.6. The normalized spacial score (nSPS) is 19.2. The Kier molecular flexibility index (Phi) is 6.61. The summed E-state index contributed by atoms with van der Waals surface area (Å²) < 4.78 is 5.68. The van der Waals surface area contributed by atoms with Crippen LogP contribution in [0.5, 0.6) is 5.75 Å². The Morgan fingerprint density at radius 2 is 1.25 bits per heavy atom. The van der Waals surface area contributed by atoms with Crippen molar-refractivity contribution < 1.29 is 19.4 Å². The first kappa shape index (κ1) is 21.3. The van der Waals surface area contributed by atoms with Crippen LogP contribution >= 0.6 is 0 Å². The van der Waals surface area contributed by atoms with Crippen LogP contribution in [0.2, 0.25) is 0 Å². The van der Waals surface area contributed by atoms with Gasteiger partial charge in [0.1, 0.15) is 5.75 Å². The van der Waals surface area contributed by atoms with Gasteiger partial charge in [-0.2, -0.15) is 0 Å². The molecule has 3 atom stereocenters. The lowest BCUT2D eigenvalue weighted by molar-refractivity contribution is -0.155. The zero-order valence-electron chi connectivity index (χ0n) is 17.5. The number of aliphatic carboxylic acids is 1. The number of hydrogen-bond donors (Lipinski definition) is 1. The topological polar surface area (TPSA) is 63.6 Å². The molecule has 0 radical (unpaired) electrons. The summed E-state index contributed by atoms with van der Waals surface area (Å²) in [5.74, 6) is -2.07. The summed E-state index contributed by atoms with van der Waals surface area (Å²) in [5, 5.41) is 11.3. The van der Waals surface area contributed by atoms with Gasteiger partial charge < -0.3 is 9.84 Å². The van der Waals surface area contributed by atoms with Gasteiger partial charge >= 0.3 is 11.9 Å². The fourth-order valence-electron chi connectivity index (χ4n) is 4.14. The van der Waals surface area contributed by atoms with Gasteiger partial charge in [-0.3, -0.25) is 9.59 Å². The van der Waals surface area contributed by atoms with Gasteiger partial charge in [0.25, 0.3) is 0 Å². The van der Waals surface area contributed by atoms with Crippen molar-refractivity contribution in [2.75, 3.05) is 0 Å². The lowest BCUT2D eigenvalue weighted by Gasteiger charge is -2.40. The number of fused-ring (bicyclic) bond motifs is 1. The molecule has 160 valence electrons. The fourth-order valence-corrected chi connectivity index (χ4v) is 4.14. The number of carbonyl (C=O) groups excluding carboxylic acids is 1. The van der Waals surface area contributed by atoms with Crippen LogP contribution < -0.4 is 4.74 Å². The van der Waals surface area contributed by atoms with Gasteiger partial charge in [0, 0.05) is 11.3 Å². The molecule has 5 rings (SSSR count). The van der Waals surface area contributed by atoms with E-state index in [2.05, 4.69) is 0 Å². The molecule has 4 heteroatoms. The number of ether oxygens (including phenoxy) is 1. The van der Waals surface area contributed by atoms with Crippen molar-refractivity contribution in [2.24, 2.45) is 11.8 Å². The van der Waals surface area contributed by atoms with Crippen molar-refractivity contribution in [1.82, 2.24) is 0 Å². The van der Waals surface area contributed by atoms with Gasteiger partial charge in [0.2, 0.25) is 0 Å². The Labute approximate surface area is 187 Å². The van der Waals surface area contributed by atoms with Gasteiger partial charge in [0.05, 0.1) is 11.8 Å². The highest BCUT2D eigenvalue weighted by atomic mass is 16.5. The molecule has 4 nitrogen and oxygen atoms in total. The molecule has 0 heterocycles. The molecular weight excluding hydrogens is 400 g/mol. The minimum absolute atomic E-state index is 0.304. The molecule has 0 bridgehead atoms. The molecule has 1 fully saturated rings. The number of rotatable bonds is 4. The number of carbonyl (C=O) groups is 2. The maximum absolute atomic E-state index is 12.8. The average molecular weight is 424 g/mol. The van der Waals surface area contributed by atoms with Crippen LogP contribution in [0.4, 0.5) is 0 Å². The lowest BCUT2D eigenvalue weighted by atomic mass is 9.62. The van der Waals surface area contributed by atoms with E-state index in [1.54, 1.807) is 6.07 Å². The van der Waals surface area contributed by atoms with Crippen molar-refractivity contribution in [2.45, 2.75) is 12.3 Å². The fraction of sp³-hybridized carbons (Fsp3) is 0.143. The third-order valence-electron chi connectivity index (χ3n) is 5.81. The number of benzene rings is 4. The standard InChI is InChI=1S/C22H18O4.C6H6/c23-21(24)17-13-18(20(17)15-8-2-1-3-9-15)22(25)26-19-12-6-10-14-7-4-5-11-16(14)19;1-2-4-6-5-3-1/h1-12,17-18,20H,13H2,(H,23,24);1-6H/t17?,18-,20?;/m1./s1. The summed E-state index contributed by atoms with van der Waals surface area (Å²) in [7, 11) is 0. The predicted octanol–water partition coefficient (Wildman–Crippen LogP) is 5.94. The molecule has 0 amide bonds. The highest BCUT2D eigenvalue weighted by Gasteiger charge is 2.50. The minimum Gasteiger partial charge on any atom is -0.481 e. The van der Waals surface area contributed by atoms with E-state index in [0.29, 0.717) is 12.2 Å². The zero-order valence-corrected chi connectivity index (χ0v) is 17.5. The van der Waals surface area contributed by atoms with E-state index in [-0.39, 0.29) is 11.9 Å². The molecule has 0 spiro atoms. The van der Waals surface area contributed by atoms with Gasteiger partial charge in [-0.15, -0.1) is 0 Å². The third-order valence-corrected chi connectivity index (χ3v) is 5.81. The van der Waals surface area contributed by atoms with Crippen LogP contribution in [-0.2, 0) is 9.59 Å². The Balaban J connectivity index is 0.000000354. The molecule has 1 aliphatic rings. The van der Waals surface area contributed by atoms with Gasteiger partial charge in [-0.1, -0.05) is 103 Å². The second kappa shape index (κ2) is 9.92. The molecule has 2 unspecified atom stereocenters. The highest BCUT2D eigenvalue weighted by Crippen LogP contribution is 2.48. The van der Waals surface area contributed by atoms with Crippen LogP contribution in [0.1, 0.15) is 17.9 Å². The molecule has 1 saturated carbocycles. The van der Waals surface area contributed by atoms with E-state index in [4.69, 9.17) is 4.74 Å². The number of hydrogen-bond acceptors (Lipinski definition) is 3. The highest BCUT2D eigenvalue weighted by molar-refractivity contribution is 5.91. The summed E-state index contributed by atoms with van der Waals surface area (Å²) in [6.07, 6.45) is 0.304. The van der Waals surface area contributed by atoms with Gasteiger partial charge in [-0.25, -0.2) is 0 Å². The van der Waals surface area contributed by atoms with E-state index < -0.39 is 17.8 Å². The quantitative estimate of drug-likeness (QED) is 0.325. The second-order valence-corrected chi connectivity index (χ2v) is 7.78. The Bertz CT molecular complexity index is 1160. The van der Waals surface area contributed by atoms with Crippen molar-refractivity contribution in [3.05, 3.63) is 115 Å². The molecule has 0 aliphatic heterocycles. The molecule has 0 aromatic heterocycles. The summed E-state index contributed by atoms with van der Waals surface area (Å²) in [6.45, 7) is 0. The number of carboxylic acid groups (broad SMARTS) is 1. The summed E-state index contributed by atoms with van der Waals surface area (Å²) in [5.41, 5.74) is 0.867. The molecule has 0 saturated heterocycles. The maximum atomic E-state index is 12.8. The first-order valence-electron chi connectivity index (χ1n) is 10.6. The maximum Gasteiger partial charge on any atom is 0.315 e. The van der Waals surface area contributed by atoms with Crippen molar-refractivity contribution in [3.63, 3.8) is 0 Å². The monoisotopic (exact) mass is 424 g/mol. The molecule has 1 aliphatic carbocycles. The van der Waals surface area contributed by atoms with Crippen LogP contribution in [0.3, 0.4) is 0 Å². The lowest BCUT2D eigenvalue weighted by Crippen LogP contribution is -2.45. The third kappa shape index (κ3) is 4.70. The van der Waals surface area contributed by atoms with E-state index in [0.717, 1.165) is 16.3 Å². The van der Waals surface area contributed by atoms with Crippen LogP contribution in [-0.4, -0.2) is 17.0 Å². The predicted molar refractivity (Wildman–Crippen MR) is 124 cm³/mol.